The molecule has 0 saturated heterocycles. The lowest BCUT2D eigenvalue weighted by Crippen LogP contribution is -2.22. The van der Waals surface area contributed by atoms with Crippen molar-refractivity contribution in [3.63, 3.8) is 0 Å². The van der Waals surface area contributed by atoms with Gasteiger partial charge in [0.25, 0.3) is 0 Å². The molecule has 0 fully saturated rings. The number of methoxy groups -OCH3 is 1. The van der Waals surface area contributed by atoms with Gasteiger partial charge in [-0.1, -0.05) is 48.5 Å². The lowest BCUT2D eigenvalue weighted by molar-refractivity contribution is -0.114. The van der Waals surface area contributed by atoms with E-state index in [1.165, 1.54) is 5.56 Å². The van der Waals surface area contributed by atoms with Gasteiger partial charge in [-0.25, -0.2) is 0 Å². The number of aryl methyl sites for hydroxylation is 1. The summed E-state index contributed by atoms with van der Waals surface area (Å²) in [6.07, 6.45) is 1.88. The first kappa shape index (κ1) is 23.2. The van der Waals surface area contributed by atoms with Gasteiger partial charge in [0.1, 0.15) is 18.1 Å². The summed E-state index contributed by atoms with van der Waals surface area (Å²) in [5.41, 5.74) is 2.77. The number of benzene rings is 3. The van der Waals surface area contributed by atoms with Crippen LogP contribution in [0.1, 0.15) is 12.0 Å². The molecule has 0 radical (unpaired) electrons. The van der Waals surface area contributed by atoms with E-state index in [2.05, 4.69) is 22.8 Å². The molecule has 0 unspecified atom stereocenters. The molecule has 0 atom stereocenters. The van der Waals surface area contributed by atoms with E-state index >= 15 is 0 Å². The number of anilines is 2. The monoisotopic (exact) mass is 434 g/mol. The Morgan fingerprint density at radius 3 is 2.50 bits per heavy atom. The predicted molar refractivity (Wildman–Crippen MR) is 128 cm³/mol. The average Bonchev–Trinajstić information content (AvgIpc) is 2.82. The molecule has 0 bridgehead atoms. The van der Waals surface area contributed by atoms with Crippen molar-refractivity contribution in [3.05, 3.63) is 84.4 Å². The molecule has 0 heterocycles. The highest BCUT2D eigenvalue weighted by Crippen LogP contribution is 2.24. The Hall–Kier alpha value is -3.51. The second kappa shape index (κ2) is 13.0. The summed E-state index contributed by atoms with van der Waals surface area (Å²) in [6, 6.07) is 25.3. The van der Waals surface area contributed by atoms with E-state index in [0.717, 1.165) is 24.3 Å². The van der Waals surface area contributed by atoms with Crippen molar-refractivity contribution in [3.8, 4) is 11.5 Å². The normalized spacial score (nSPS) is 10.4. The molecule has 2 N–H and O–H groups in total. The highest BCUT2D eigenvalue weighted by molar-refractivity contribution is 5.94. The number of nitrogens with one attached hydrogen (secondary N) is 2. The highest BCUT2D eigenvalue weighted by atomic mass is 16.5. The van der Waals surface area contributed by atoms with E-state index < -0.39 is 0 Å². The van der Waals surface area contributed by atoms with Crippen molar-refractivity contribution >= 4 is 17.3 Å². The Morgan fingerprint density at radius 1 is 0.844 bits per heavy atom. The standard InChI is InChI=1S/C26H30N2O4/c1-30-17-18-31-23-13-7-12-22(19-23)28-26(29)20-27-24-14-5-6-15-25(24)32-16-8-11-21-9-3-2-4-10-21/h2-7,9-10,12-15,19,27H,8,11,16-18,20H2,1H3,(H,28,29). The predicted octanol–water partition coefficient (Wildman–Crippen LogP) is 4.77. The van der Waals surface area contributed by atoms with Crippen LogP contribution in [0, 0.1) is 0 Å². The van der Waals surface area contributed by atoms with Crippen LogP contribution < -0.4 is 20.1 Å². The molecule has 0 aromatic heterocycles. The fraction of sp³-hybridized carbons (Fsp3) is 0.269. The Morgan fingerprint density at radius 2 is 1.66 bits per heavy atom. The minimum absolute atomic E-state index is 0.124. The Balaban J connectivity index is 1.45. The molecule has 168 valence electrons. The van der Waals surface area contributed by atoms with Crippen LogP contribution in [-0.2, 0) is 16.0 Å². The summed E-state index contributed by atoms with van der Waals surface area (Å²) in [5, 5.41) is 6.04. The number of para-hydroxylation sites is 2. The maximum Gasteiger partial charge on any atom is 0.243 e. The molecule has 0 saturated carbocycles. The third kappa shape index (κ3) is 7.96. The minimum atomic E-state index is -0.155. The lowest BCUT2D eigenvalue weighted by Gasteiger charge is -2.14. The fourth-order valence-electron chi connectivity index (χ4n) is 3.13. The first-order valence-corrected chi connectivity index (χ1v) is 10.8. The van der Waals surface area contributed by atoms with Crippen molar-refractivity contribution in [2.75, 3.05) is 44.1 Å². The molecular formula is C26H30N2O4. The molecule has 6 nitrogen and oxygen atoms in total. The van der Waals surface area contributed by atoms with E-state index in [1.54, 1.807) is 13.2 Å². The SMILES string of the molecule is COCCOc1cccc(NC(=O)CNc2ccccc2OCCCc2ccccc2)c1. The molecule has 0 aliphatic rings. The summed E-state index contributed by atoms with van der Waals surface area (Å²) in [6.45, 7) is 1.70. The van der Waals surface area contributed by atoms with Crippen molar-refractivity contribution in [1.29, 1.82) is 0 Å². The third-order valence-electron chi connectivity index (χ3n) is 4.71. The van der Waals surface area contributed by atoms with Crippen LogP contribution in [0.15, 0.2) is 78.9 Å². The number of ether oxygens (including phenoxy) is 3. The molecule has 3 rings (SSSR count). The van der Waals surface area contributed by atoms with Gasteiger partial charge >= 0.3 is 0 Å². The zero-order valence-electron chi connectivity index (χ0n) is 18.4. The van der Waals surface area contributed by atoms with Gasteiger partial charge in [0.15, 0.2) is 0 Å². The van der Waals surface area contributed by atoms with E-state index in [9.17, 15) is 4.79 Å². The number of amides is 1. The van der Waals surface area contributed by atoms with Crippen LogP contribution >= 0.6 is 0 Å². The summed E-state index contributed by atoms with van der Waals surface area (Å²) in [7, 11) is 1.63. The largest absolute Gasteiger partial charge is 0.491 e. The average molecular weight is 435 g/mol. The van der Waals surface area contributed by atoms with Crippen LogP contribution in [0.25, 0.3) is 0 Å². The molecular weight excluding hydrogens is 404 g/mol. The summed E-state index contributed by atoms with van der Waals surface area (Å²) >= 11 is 0. The topological polar surface area (TPSA) is 68.8 Å². The molecule has 1 amide bonds. The zero-order chi connectivity index (χ0) is 22.4. The van der Waals surface area contributed by atoms with Gasteiger partial charge in [0.05, 0.1) is 25.4 Å². The second-order valence-corrected chi connectivity index (χ2v) is 7.20. The highest BCUT2D eigenvalue weighted by Gasteiger charge is 2.07. The lowest BCUT2D eigenvalue weighted by atomic mass is 10.1. The summed E-state index contributed by atoms with van der Waals surface area (Å²) in [4.78, 5) is 12.4. The van der Waals surface area contributed by atoms with Gasteiger partial charge in [-0.15, -0.1) is 0 Å². The number of carbonyl (C=O) groups is 1. The molecule has 0 aliphatic carbocycles. The number of hydrogen-bond acceptors (Lipinski definition) is 5. The van der Waals surface area contributed by atoms with Gasteiger partial charge < -0.3 is 24.8 Å². The van der Waals surface area contributed by atoms with E-state index in [4.69, 9.17) is 14.2 Å². The maximum atomic E-state index is 12.4. The molecule has 0 spiro atoms. The maximum absolute atomic E-state index is 12.4. The van der Waals surface area contributed by atoms with Crippen molar-refractivity contribution in [2.45, 2.75) is 12.8 Å². The first-order chi connectivity index (χ1) is 15.7. The van der Waals surface area contributed by atoms with E-state index in [1.807, 2.05) is 60.7 Å². The van der Waals surface area contributed by atoms with Crippen LogP contribution in [0.3, 0.4) is 0 Å². The van der Waals surface area contributed by atoms with Crippen LogP contribution in [0.5, 0.6) is 11.5 Å². The third-order valence-corrected chi connectivity index (χ3v) is 4.71. The van der Waals surface area contributed by atoms with Crippen molar-refractivity contribution in [1.82, 2.24) is 0 Å². The molecule has 32 heavy (non-hydrogen) atoms. The Bertz CT molecular complexity index is 963. The number of hydrogen-bond donors (Lipinski definition) is 2. The Labute approximate surface area is 189 Å². The first-order valence-electron chi connectivity index (χ1n) is 10.8. The minimum Gasteiger partial charge on any atom is -0.491 e. The molecule has 0 aliphatic heterocycles. The fourth-order valence-corrected chi connectivity index (χ4v) is 3.13. The van der Waals surface area contributed by atoms with Gasteiger partial charge in [-0.3, -0.25) is 4.79 Å². The number of rotatable bonds is 13. The van der Waals surface area contributed by atoms with Crippen LogP contribution in [0.2, 0.25) is 0 Å². The van der Waals surface area contributed by atoms with Gasteiger partial charge in [0.2, 0.25) is 5.91 Å². The van der Waals surface area contributed by atoms with Crippen molar-refractivity contribution < 1.29 is 19.0 Å². The van der Waals surface area contributed by atoms with Gasteiger partial charge in [0, 0.05) is 18.9 Å². The van der Waals surface area contributed by atoms with Crippen LogP contribution in [-0.4, -0.2) is 39.4 Å². The quantitative estimate of drug-likeness (QED) is 0.379. The summed E-state index contributed by atoms with van der Waals surface area (Å²) < 4.78 is 16.5. The zero-order valence-corrected chi connectivity index (χ0v) is 18.4. The molecule has 6 heteroatoms. The van der Waals surface area contributed by atoms with Crippen LogP contribution in [0.4, 0.5) is 11.4 Å². The second-order valence-electron chi connectivity index (χ2n) is 7.20. The van der Waals surface area contributed by atoms with E-state index in [0.29, 0.717) is 31.3 Å². The molecule has 3 aromatic rings. The Kier molecular flexibility index (Phi) is 9.42. The smallest absolute Gasteiger partial charge is 0.243 e. The summed E-state index contributed by atoms with van der Waals surface area (Å²) in [5.74, 6) is 1.27. The van der Waals surface area contributed by atoms with E-state index in [-0.39, 0.29) is 12.5 Å². The van der Waals surface area contributed by atoms with Gasteiger partial charge in [-0.05, 0) is 42.7 Å². The van der Waals surface area contributed by atoms with Crippen molar-refractivity contribution in [2.24, 2.45) is 0 Å². The molecule has 3 aromatic carbocycles. The number of carbonyl (C=O) groups excluding carboxylic acids is 1. The van der Waals surface area contributed by atoms with Gasteiger partial charge in [-0.2, -0.15) is 0 Å².